The molecule has 0 N–H and O–H groups in total. The maximum Gasteiger partial charge on any atom is 0.263 e. The molecule has 0 unspecified atom stereocenters. The van der Waals surface area contributed by atoms with Crippen LogP contribution in [-0.2, 0) is 11.3 Å². The molecule has 0 spiro atoms. The maximum atomic E-state index is 13.3. The van der Waals surface area contributed by atoms with Gasteiger partial charge in [0.1, 0.15) is 5.56 Å². The number of hydrogen-bond acceptors (Lipinski definition) is 5. The van der Waals surface area contributed by atoms with Gasteiger partial charge in [-0.05, 0) is 57.1 Å². The van der Waals surface area contributed by atoms with E-state index in [4.69, 9.17) is 4.74 Å². The van der Waals surface area contributed by atoms with E-state index in [1.165, 1.54) is 0 Å². The first-order chi connectivity index (χ1) is 15.0. The summed E-state index contributed by atoms with van der Waals surface area (Å²) in [7, 11) is 0. The lowest BCUT2D eigenvalue weighted by molar-refractivity contribution is 0.00583. The monoisotopic (exact) mass is 424 g/mol. The van der Waals surface area contributed by atoms with Crippen molar-refractivity contribution >= 4 is 5.91 Å². The number of nitriles is 1. The van der Waals surface area contributed by atoms with E-state index in [1.807, 2.05) is 17.6 Å². The largest absolute Gasteiger partial charge is 0.381 e. The quantitative estimate of drug-likeness (QED) is 0.727. The van der Waals surface area contributed by atoms with Crippen LogP contribution in [0.4, 0.5) is 0 Å². The van der Waals surface area contributed by atoms with Gasteiger partial charge in [-0.3, -0.25) is 14.5 Å². The number of ether oxygens (including phenoxy) is 1. The van der Waals surface area contributed by atoms with E-state index in [2.05, 4.69) is 11.0 Å². The number of rotatable bonds is 2. The summed E-state index contributed by atoms with van der Waals surface area (Å²) in [5, 5.41) is 9.33. The second kappa shape index (κ2) is 8.07. The number of pyridine rings is 1. The van der Waals surface area contributed by atoms with Crippen molar-refractivity contribution in [2.45, 2.75) is 57.5 Å². The van der Waals surface area contributed by atoms with Gasteiger partial charge >= 0.3 is 0 Å². The summed E-state index contributed by atoms with van der Waals surface area (Å²) in [5.41, 5.74) is 0.872. The Morgan fingerprint density at radius 1 is 1.16 bits per heavy atom. The molecule has 2 atom stereocenters. The lowest BCUT2D eigenvalue weighted by atomic mass is 9.81. The molecule has 0 radical (unpaired) electrons. The van der Waals surface area contributed by atoms with Gasteiger partial charge < -0.3 is 14.2 Å². The molecule has 0 saturated carbocycles. The van der Waals surface area contributed by atoms with E-state index in [0.717, 1.165) is 51.3 Å². The molecule has 4 aliphatic heterocycles. The highest BCUT2D eigenvalue weighted by atomic mass is 16.5. The minimum atomic E-state index is -0.366. The molecule has 4 aliphatic rings. The number of carbonyl (C=O) groups is 1. The Balaban J connectivity index is 1.35. The van der Waals surface area contributed by atoms with Crippen LogP contribution < -0.4 is 5.56 Å². The van der Waals surface area contributed by atoms with E-state index >= 15 is 0 Å². The topological polar surface area (TPSA) is 78.6 Å². The lowest BCUT2D eigenvalue weighted by Crippen LogP contribution is -2.52. The van der Waals surface area contributed by atoms with Crippen LogP contribution in [0.25, 0.3) is 0 Å². The summed E-state index contributed by atoms with van der Waals surface area (Å²) >= 11 is 0. The Morgan fingerprint density at radius 3 is 2.61 bits per heavy atom. The van der Waals surface area contributed by atoms with Crippen molar-refractivity contribution in [1.82, 2.24) is 14.4 Å². The summed E-state index contributed by atoms with van der Waals surface area (Å²) in [5.74, 6) is 0.641. The first-order valence-corrected chi connectivity index (χ1v) is 11.7. The van der Waals surface area contributed by atoms with E-state index in [9.17, 15) is 14.9 Å². The number of nitrogens with zero attached hydrogens (tertiary/aromatic N) is 4. The van der Waals surface area contributed by atoms with Gasteiger partial charge in [0.15, 0.2) is 0 Å². The molecule has 1 aromatic rings. The number of fused-ring (bicyclic) bond motifs is 4. The second-order valence-electron chi connectivity index (χ2n) is 10.1. The Labute approximate surface area is 183 Å². The van der Waals surface area contributed by atoms with Gasteiger partial charge in [-0.15, -0.1) is 0 Å². The molecule has 5 heterocycles. The number of likely N-dealkylation sites (tertiary alicyclic amines) is 2. The van der Waals surface area contributed by atoms with Crippen LogP contribution in [0, 0.1) is 22.7 Å². The second-order valence-corrected chi connectivity index (χ2v) is 10.1. The maximum absolute atomic E-state index is 13.3. The molecule has 0 aromatic carbocycles. The van der Waals surface area contributed by atoms with Crippen LogP contribution in [0.15, 0.2) is 16.9 Å². The van der Waals surface area contributed by atoms with Crippen LogP contribution in [0.3, 0.4) is 0 Å². The Hall–Kier alpha value is -2.17. The van der Waals surface area contributed by atoms with Crippen molar-refractivity contribution in [3.05, 3.63) is 33.7 Å². The minimum Gasteiger partial charge on any atom is -0.381 e. The van der Waals surface area contributed by atoms with Crippen LogP contribution in [0.1, 0.15) is 61.0 Å². The zero-order chi connectivity index (χ0) is 21.6. The fourth-order valence-electron chi connectivity index (χ4n) is 5.98. The van der Waals surface area contributed by atoms with Crippen LogP contribution >= 0.6 is 0 Å². The third-order valence-electron chi connectivity index (χ3n) is 7.99. The number of hydrogen-bond donors (Lipinski definition) is 0. The molecule has 31 heavy (non-hydrogen) atoms. The van der Waals surface area contributed by atoms with Crippen molar-refractivity contribution in [2.24, 2.45) is 11.3 Å². The Bertz CT molecular complexity index is 951. The summed E-state index contributed by atoms with van der Waals surface area (Å²) in [6.45, 7) is 7.45. The van der Waals surface area contributed by atoms with Crippen LogP contribution in [0.2, 0.25) is 0 Å². The van der Waals surface area contributed by atoms with Gasteiger partial charge in [-0.1, -0.05) is 0 Å². The predicted molar refractivity (Wildman–Crippen MR) is 116 cm³/mol. The summed E-state index contributed by atoms with van der Waals surface area (Å²) in [4.78, 5) is 30.8. The number of piperidine rings is 2. The molecular formula is C24H32N4O3. The molecule has 1 amide bonds. The van der Waals surface area contributed by atoms with Gasteiger partial charge in [0.25, 0.3) is 11.5 Å². The zero-order valence-corrected chi connectivity index (χ0v) is 18.4. The molecule has 0 aliphatic carbocycles. The minimum absolute atomic E-state index is 0.134. The first-order valence-electron chi connectivity index (χ1n) is 11.7. The van der Waals surface area contributed by atoms with Crippen LogP contribution in [0.5, 0.6) is 0 Å². The first kappa shape index (κ1) is 20.7. The molecule has 2 bridgehead atoms. The predicted octanol–water partition coefficient (Wildman–Crippen LogP) is 2.21. The zero-order valence-electron chi connectivity index (χ0n) is 18.4. The lowest BCUT2D eigenvalue weighted by Gasteiger charge is -2.46. The smallest absolute Gasteiger partial charge is 0.263 e. The van der Waals surface area contributed by atoms with Crippen LogP contribution in [-0.4, -0.2) is 65.7 Å². The molecule has 1 aromatic heterocycles. The Kier molecular flexibility index (Phi) is 5.39. The highest BCUT2D eigenvalue weighted by Gasteiger charge is 2.38. The molecular weight excluding hydrogens is 392 g/mol. The van der Waals surface area contributed by atoms with Crippen molar-refractivity contribution in [3.8, 4) is 6.07 Å². The average Bonchev–Trinajstić information content (AvgIpc) is 2.80. The summed E-state index contributed by atoms with van der Waals surface area (Å²) in [6, 6.07) is 6.73. The van der Waals surface area contributed by atoms with Crippen molar-refractivity contribution < 1.29 is 9.53 Å². The van der Waals surface area contributed by atoms with E-state index in [0.29, 0.717) is 50.4 Å². The average molecular weight is 425 g/mol. The molecule has 7 nitrogen and oxygen atoms in total. The molecule has 5 rings (SSSR count). The Morgan fingerprint density at radius 2 is 1.90 bits per heavy atom. The van der Waals surface area contributed by atoms with Gasteiger partial charge in [0.05, 0.1) is 11.5 Å². The van der Waals surface area contributed by atoms with E-state index in [-0.39, 0.29) is 22.4 Å². The van der Waals surface area contributed by atoms with Gasteiger partial charge in [0, 0.05) is 63.6 Å². The van der Waals surface area contributed by atoms with Gasteiger partial charge in [0.2, 0.25) is 0 Å². The van der Waals surface area contributed by atoms with Crippen molar-refractivity contribution in [1.29, 1.82) is 5.26 Å². The molecule has 166 valence electrons. The van der Waals surface area contributed by atoms with Gasteiger partial charge in [-0.25, -0.2) is 0 Å². The normalized spacial score (nSPS) is 28.6. The molecule has 7 heteroatoms. The summed E-state index contributed by atoms with van der Waals surface area (Å²) in [6.07, 6.45) is 4.65. The SMILES string of the molecule is CC1(C#N)CCN(C(=O)c2ccc3n(c2=O)C[C@H]2C[C@@H]3CN(C3CCOCC3)C2)CC1. The fourth-order valence-corrected chi connectivity index (χ4v) is 5.98. The number of carbonyl (C=O) groups excluding carboxylic acids is 1. The number of amides is 1. The summed E-state index contributed by atoms with van der Waals surface area (Å²) < 4.78 is 7.42. The molecule has 3 fully saturated rings. The highest BCUT2D eigenvalue weighted by molar-refractivity contribution is 5.94. The number of aromatic nitrogens is 1. The van der Waals surface area contributed by atoms with Crippen molar-refractivity contribution in [2.75, 3.05) is 39.4 Å². The van der Waals surface area contributed by atoms with E-state index < -0.39 is 0 Å². The third-order valence-corrected chi connectivity index (χ3v) is 7.99. The highest BCUT2D eigenvalue weighted by Crippen LogP contribution is 2.37. The van der Waals surface area contributed by atoms with Gasteiger partial charge in [-0.2, -0.15) is 5.26 Å². The third kappa shape index (κ3) is 3.81. The van der Waals surface area contributed by atoms with E-state index in [1.54, 1.807) is 11.0 Å². The molecule has 3 saturated heterocycles. The standard InChI is InChI=1S/C24H32N4O3/c1-24(16-25)6-8-26(9-7-24)22(29)20-2-3-21-18-12-17(14-28(21)23(20)30)13-27(15-18)19-4-10-31-11-5-19/h2-3,17-19H,4-15H2,1H3/t17-,18+/m0/s1. The van der Waals surface area contributed by atoms with Crippen molar-refractivity contribution in [3.63, 3.8) is 0 Å². The fraction of sp³-hybridized carbons (Fsp3) is 0.708.